The van der Waals surface area contributed by atoms with E-state index >= 15 is 0 Å². The molecule has 0 aliphatic rings. The Morgan fingerprint density at radius 3 is 3.00 bits per heavy atom. The second kappa shape index (κ2) is 4.41. The number of rotatable bonds is 3. The lowest BCUT2D eigenvalue weighted by atomic mass is 10.6. The van der Waals surface area contributed by atoms with Gasteiger partial charge in [-0.25, -0.2) is 9.97 Å². The van der Waals surface area contributed by atoms with E-state index in [0.29, 0.717) is 22.1 Å². The zero-order valence-electron chi connectivity index (χ0n) is 7.77. The predicted molar refractivity (Wildman–Crippen MR) is 59.0 cm³/mol. The molecule has 1 N–H and O–H groups in total. The summed E-state index contributed by atoms with van der Waals surface area (Å²) in [5.41, 5.74) is 0. The van der Waals surface area contributed by atoms with Gasteiger partial charge in [0.05, 0.1) is 7.11 Å². The van der Waals surface area contributed by atoms with Gasteiger partial charge >= 0.3 is 0 Å². The van der Waals surface area contributed by atoms with E-state index in [4.69, 9.17) is 16.3 Å². The summed E-state index contributed by atoms with van der Waals surface area (Å²) in [5, 5.41) is 5.80. The maximum Gasteiger partial charge on any atom is 0.233 e. The molecule has 0 saturated heterocycles. The molecule has 0 spiro atoms. The van der Waals surface area contributed by atoms with Crippen molar-refractivity contribution in [3.63, 3.8) is 0 Å². The maximum absolute atomic E-state index is 5.78. The highest BCUT2D eigenvalue weighted by Crippen LogP contribution is 2.20. The number of thiazole rings is 1. The van der Waals surface area contributed by atoms with Crippen LogP contribution in [0.1, 0.15) is 0 Å². The molecule has 0 atom stereocenters. The molecule has 0 fully saturated rings. The van der Waals surface area contributed by atoms with Crippen molar-refractivity contribution in [1.82, 2.24) is 15.0 Å². The van der Waals surface area contributed by atoms with Crippen LogP contribution in [0.4, 0.5) is 11.1 Å². The molecule has 0 aliphatic carbocycles. The first-order chi connectivity index (χ1) is 7.28. The normalized spacial score (nSPS) is 10.0. The van der Waals surface area contributed by atoms with Gasteiger partial charge in [-0.2, -0.15) is 4.98 Å². The lowest BCUT2D eigenvalue weighted by Gasteiger charge is -2.03. The van der Waals surface area contributed by atoms with Crippen LogP contribution in [-0.2, 0) is 0 Å². The van der Waals surface area contributed by atoms with Crippen molar-refractivity contribution in [3.8, 4) is 5.88 Å². The number of halogens is 1. The van der Waals surface area contributed by atoms with E-state index in [9.17, 15) is 0 Å². The predicted octanol–water partition coefficient (Wildman–Crippen LogP) is 2.34. The number of nitrogens with one attached hydrogen (secondary N) is 1. The van der Waals surface area contributed by atoms with E-state index in [2.05, 4.69) is 20.3 Å². The summed E-state index contributed by atoms with van der Waals surface area (Å²) in [6.45, 7) is 0. The second-order valence-corrected chi connectivity index (χ2v) is 3.80. The van der Waals surface area contributed by atoms with E-state index in [1.807, 2.05) is 5.38 Å². The number of nitrogens with zero attached hydrogens (tertiary/aromatic N) is 3. The Kier molecular flexibility index (Phi) is 2.98. The summed E-state index contributed by atoms with van der Waals surface area (Å²) in [7, 11) is 1.52. The minimum atomic E-state index is 0.320. The van der Waals surface area contributed by atoms with Crippen molar-refractivity contribution in [3.05, 3.63) is 22.8 Å². The van der Waals surface area contributed by atoms with Gasteiger partial charge in [-0.3, -0.25) is 5.32 Å². The number of methoxy groups -OCH3 is 1. The van der Waals surface area contributed by atoms with Gasteiger partial charge in [0.2, 0.25) is 11.8 Å². The molecule has 5 nitrogen and oxygen atoms in total. The van der Waals surface area contributed by atoms with Crippen LogP contribution in [0.15, 0.2) is 17.6 Å². The van der Waals surface area contributed by atoms with Crippen molar-refractivity contribution < 1.29 is 4.74 Å². The molecular formula is C8H7ClN4OS. The SMILES string of the molecule is COc1cc(Cl)nc(Nc2nccs2)n1. The topological polar surface area (TPSA) is 59.9 Å². The molecule has 0 radical (unpaired) electrons. The highest BCUT2D eigenvalue weighted by molar-refractivity contribution is 7.13. The largest absolute Gasteiger partial charge is 0.481 e. The lowest BCUT2D eigenvalue weighted by Crippen LogP contribution is -1.98. The van der Waals surface area contributed by atoms with Crippen molar-refractivity contribution in [2.45, 2.75) is 0 Å². The molecular weight excluding hydrogens is 236 g/mol. The minimum absolute atomic E-state index is 0.320. The Hall–Kier alpha value is -1.40. The van der Waals surface area contributed by atoms with Crippen LogP contribution >= 0.6 is 22.9 Å². The van der Waals surface area contributed by atoms with E-state index in [1.165, 1.54) is 24.5 Å². The molecule has 15 heavy (non-hydrogen) atoms. The van der Waals surface area contributed by atoms with Crippen LogP contribution in [0, 0.1) is 0 Å². The van der Waals surface area contributed by atoms with Gasteiger partial charge in [0.25, 0.3) is 0 Å². The number of anilines is 2. The minimum Gasteiger partial charge on any atom is -0.481 e. The standard InChI is InChI=1S/C8H7ClN4OS/c1-14-6-4-5(9)11-7(12-6)13-8-10-2-3-15-8/h2-4H,1H3,(H,10,11,12,13). The Morgan fingerprint density at radius 1 is 1.47 bits per heavy atom. The fraction of sp³-hybridized carbons (Fsp3) is 0.125. The molecule has 78 valence electrons. The third kappa shape index (κ3) is 2.54. The highest BCUT2D eigenvalue weighted by Gasteiger charge is 2.04. The van der Waals surface area contributed by atoms with Crippen molar-refractivity contribution in [2.75, 3.05) is 12.4 Å². The van der Waals surface area contributed by atoms with Crippen LogP contribution in [0.3, 0.4) is 0 Å². The van der Waals surface area contributed by atoms with Crippen LogP contribution < -0.4 is 10.1 Å². The summed E-state index contributed by atoms with van der Waals surface area (Å²) < 4.78 is 4.96. The fourth-order valence-electron chi connectivity index (χ4n) is 0.938. The lowest BCUT2D eigenvalue weighted by molar-refractivity contribution is 0.397. The third-order valence-corrected chi connectivity index (χ3v) is 2.41. The summed E-state index contributed by atoms with van der Waals surface area (Å²) in [4.78, 5) is 12.1. The van der Waals surface area contributed by atoms with Gasteiger partial charge in [-0.15, -0.1) is 11.3 Å². The number of hydrogen-bond acceptors (Lipinski definition) is 6. The molecule has 2 rings (SSSR count). The fourth-order valence-corrected chi connectivity index (χ4v) is 1.63. The molecule has 0 bridgehead atoms. The summed E-state index contributed by atoms with van der Waals surface area (Å²) in [5.74, 6) is 0.781. The molecule has 2 heterocycles. The van der Waals surface area contributed by atoms with Gasteiger partial charge in [0, 0.05) is 17.6 Å². The van der Waals surface area contributed by atoms with E-state index in [1.54, 1.807) is 6.20 Å². The molecule has 0 amide bonds. The molecule has 2 aromatic heterocycles. The number of hydrogen-bond donors (Lipinski definition) is 1. The quantitative estimate of drug-likeness (QED) is 0.838. The maximum atomic E-state index is 5.78. The number of ether oxygens (including phenoxy) is 1. The smallest absolute Gasteiger partial charge is 0.233 e. The summed E-state index contributed by atoms with van der Waals surface area (Å²) >= 11 is 7.23. The van der Waals surface area contributed by atoms with Gasteiger partial charge < -0.3 is 4.74 Å². The average molecular weight is 243 g/mol. The Labute approximate surface area is 95.1 Å². The Bertz CT molecular complexity index is 448. The first-order valence-corrected chi connectivity index (χ1v) is 5.29. The van der Waals surface area contributed by atoms with Crippen molar-refractivity contribution in [2.24, 2.45) is 0 Å². The third-order valence-electron chi connectivity index (χ3n) is 1.53. The zero-order valence-corrected chi connectivity index (χ0v) is 9.34. The summed E-state index contributed by atoms with van der Waals surface area (Å²) in [6.07, 6.45) is 1.69. The zero-order chi connectivity index (χ0) is 10.7. The molecule has 0 aromatic carbocycles. The van der Waals surface area contributed by atoms with Gasteiger partial charge in [0.1, 0.15) is 5.15 Å². The summed E-state index contributed by atoms with van der Waals surface area (Å²) in [6, 6.07) is 1.54. The first kappa shape index (κ1) is 10.1. The Balaban J connectivity index is 2.24. The Morgan fingerprint density at radius 2 is 2.33 bits per heavy atom. The average Bonchev–Trinajstić information content (AvgIpc) is 2.69. The molecule has 0 aliphatic heterocycles. The van der Waals surface area contributed by atoms with Gasteiger partial charge in [-0.05, 0) is 0 Å². The molecule has 7 heteroatoms. The van der Waals surface area contributed by atoms with Gasteiger partial charge in [-0.1, -0.05) is 11.6 Å². The molecule has 2 aromatic rings. The highest BCUT2D eigenvalue weighted by atomic mass is 35.5. The monoisotopic (exact) mass is 242 g/mol. The van der Waals surface area contributed by atoms with E-state index in [-0.39, 0.29) is 0 Å². The van der Waals surface area contributed by atoms with E-state index in [0.717, 1.165) is 0 Å². The van der Waals surface area contributed by atoms with Crippen molar-refractivity contribution >= 4 is 34.0 Å². The van der Waals surface area contributed by atoms with Crippen LogP contribution in [0.2, 0.25) is 5.15 Å². The second-order valence-electron chi connectivity index (χ2n) is 2.52. The number of aromatic nitrogens is 3. The van der Waals surface area contributed by atoms with E-state index < -0.39 is 0 Å². The van der Waals surface area contributed by atoms with Crippen LogP contribution in [0.5, 0.6) is 5.88 Å². The first-order valence-electron chi connectivity index (χ1n) is 4.03. The van der Waals surface area contributed by atoms with Crippen LogP contribution in [-0.4, -0.2) is 22.1 Å². The van der Waals surface area contributed by atoms with Crippen molar-refractivity contribution in [1.29, 1.82) is 0 Å². The van der Waals surface area contributed by atoms with Crippen LogP contribution in [0.25, 0.3) is 0 Å². The van der Waals surface area contributed by atoms with Gasteiger partial charge in [0.15, 0.2) is 5.13 Å². The molecule has 0 unspecified atom stereocenters. The molecule has 0 saturated carbocycles.